The number of nitrogen functional groups attached to an aromatic ring is 1. The monoisotopic (exact) mass is 264 g/mol. The minimum atomic E-state index is -1.08. The molecule has 1 heterocycles. The van der Waals surface area contributed by atoms with E-state index in [0.29, 0.717) is 11.9 Å². The first-order valence-corrected chi connectivity index (χ1v) is 5.96. The van der Waals surface area contributed by atoms with Crippen LogP contribution in [0.1, 0.15) is 23.2 Å². The normalized spacial score (nSPS) is 13.9. The summed E-state index contributed by atoms with van der Waals surface area (Å²) in [5.41, 5.74) is 6.01. The smallest absolute Gasteiger partial charge is 0.337 e. The van der Waals surface area contributed by atoms with Crippen LogP contribution in [0.4, 0.5) is 11.5 Å². The summed E-state index contributed by atoms with van der Waals surface area (Å²) in [6.45, 7) is 0.139. The molecule has 2 rings (SSSR count). The highest BCUT2D eigenvalue weighted by molar-refractivity contribution is 5.90. The number of carbonyl (C=O) groups is 2. The van der Waals surface area contributed by atoms with Gasteiger partial charge in [0.15, 0.2) is 5.82 Å². The molecule has 19 heavy (non-hydrogen) atoms. The van der Waals surface area contributed by atoms with Gasteiger partial charge in [-0.15, -0.1) is 0 Å². The largest absolute Gasteiger partial charge is 0.478 e. The number of nitrogens with zero attached hydrogens (tertiary/aromatic N) is 2. The first-order valence-electron chi connectivity index (χ1n) is 5.96. The molecule has 102 valence electrons. The second-order valence-corrected chi connectivity index (χ2v) is 4.64. The van der Waals surface area contributed by atoms with Crippen LogP contribution < -0.4 is 16.0 Å². The third-order valence-corrected chi connectivity index (χ3v) is 2.83. The van der Waals surface area contributed by atoms with E-state index in [4.69, 9.17) is 10.8 Å². The molecule has 0 unspecified atom stereocenters. The predicted molar refractivity (Wildman–Crippen MR) is 70.0 cm³/mol. The zero-order valence-electron chi connectivity index (χ0n) is 10.6. The average Bonchev–Trinajstić information content (AvgIpc) is 3.12. The molecule has 0 radical (unpaired) electrons. The van der Waals surface area contributed by atoms with E-state index in [1.165, 1.54) is 12.3 Å². The van der Waals surface area contributed by atoms with Gasteiger partial charge < -0.3 is 21.1 Å². The number of amides is 1. The Labute approximate surface area is 110 Å². The zero-order valence-corrected chi connectivity index (χ0v) is 10.6. The molecule has 0 aliphatic heterocycles. The number of anilines is 2. The number of carboxylic acid groups (broad SMARTS) is 1. The van der Waals surface area contributed by atoms with Crippen molar-refractivity contribution in [3.63, 3.8) is 0 Å². The Morgan fingerprint density at radius 3 is 2.79 bits per heavy atom. The van der Waals surface area contributed by atoms with Crippen LogP contribution in [0.15, 0.2) is 12.3 Å². The molecule has 0 saturated heterocycles. The van der Waals surface area contributed by atoms with E-state index in [1.54, 1.807) is 11.9 Å². The lowest BCUT2D eigenvalue weighted by Gasteiger charge is -2.19. The van der Waals surface area contributed by atoms with Crippen molar-refractivity contribution >= 4 is 23.4 Å². The standard InChI is InChI=1S/C12H16N4O3/c1-16(6-10(17)15-8-2-3-8)11-9(13)4-7(5-14-11)12(18)19/h4-5,8H,2-3,6,13H2,1H3,(H,15,17)(H,18,19). The van der Waals surface area contributed by atoms with Gasteiger partial charge in [-0.2, -0.15) is 0 Å². The van der Waals surface area contributed by atoms with Crippen LogP contribution in [0.3, 0.4) is 0 Å². The second kappa shape index (κ2) is 5.13. The Balaban J connectivity index is 2.03. The zero-order chi connectivity index (χ0) is 14.0. The maximum atomic E-state index is 11.6. The molecule has 0 atom stereocenters. The van der Waals surface area contributed by atoms with E-state index in [1.807, 2.05) is 0 Å². The Hall–Kier alpha value is -2.31. The number of rotatable bonds is 5. The number of carbonyl (C=O) groups excluding carboxylic acids is 1. The third kappa shape index (κ3) is 3.34. The summed E-state index contributed by atoms with van der Waals surface area (Å²) in [5, 5.41) is 11.7. The van der Waals surface area contributed by atoms with Gasteiger partial charge in [-0.25, -0.2) is 9.78 Å². The molecule has 1 saturated carbocycles. The van der Waals surface area contributed by atoms with E-state index in [0.717, 1.165) is 12.8 Å². The molecule has 0 aromatic carbocycles. The van der Waals surface area contributed by atoms with E-state index in [2.05, 4.69) is 10.3 Å². The van der Waals surface area contributed by atoms with Gasteiger partial charge >= 0.3 is 5.97 Å². The van der Waals surface area contributed by atoms with Gasteiger partial charge in [-0.05, 0) is 18.9 Å². The van der Waals surface area contributed by atoms with Crippen molar-refractivity contribution in [2.45, 2.75) is 18.9 Å². The van der Waals surface area contributed by atoms with E-state index >= 15 is 0 Å². The molecular formula is C12H16N4O3. The molecule has 1 amide bonds. The first-order chi connectivity index (χ1) is 8.97. The summed E-state index contributed by atoms with van der Waals surface area (Å²) in [6, 6.07) is 1.64. The van der Waals surface area contributed by atoms with Crippen LogP contribution in [0.2, 0.25) is 0 Å². The van der Waals surface area contributed by atoms with Gasteiger partial charge in [-0.1, -0.05) is 0 Å². The number of aromatic carboxylic acids is 1. The average molecular weight is 264 g/mol. The number of nitrogens with two attached hydrogens (primary N) is 1. The van der Waals surface area contributed by atoms with Crippen LogP contribution in [-0.4, -0.2) is 41.6 Å². The molecule has 7 nitrogen and oxygen atoms in total. The number of hydrogen-bond donors (Lipinski definition) is 3. The molecule has 1 aliphatic carbocycles. The molecule has 1 fully saturated rings. The molecule has 4 N–H and O–H groups in total. The highest BCUT2D eigenvalue weighted by Gasteiger charge is 2.24. The highest BCUT2D eigenvalue weighted by Crippen LogP contribution is 2.21. The predicted octanol–water partition coefficient (Wildman–Crippen LogP) is 0.0768. The summed E-state index contributed by atoms with van der Waals surface area (Å²) in [5.74, 6) is -0.774. The maximum Gasteiger partial charge on any atom is 0.337 e. The molecule has 0 spiro atoms. The molecule has 1 aromatic rings. The number of pyridine rings is 1. The minimum absolute atomic E-state index is 0.0251. The van der Waals surface area contributed by atoms with Crippen molar-refractivity contribution in [1.82, 2.24) is 10.3 Å². The van der Waals surface area contributed by atoms with Crippen LogP contribution in [0, 0.1) is 0 Å². The number of carboxylic acids is 1. The molecule has 1 aromatic heterocycles. The van der Waals surface area contributed by atoms with E-state index in [-0.39, 0.29) is 23.7 Å². The lowest BCUT2D eigenvalue weighted by Crippen LogP contribution is -2.36. The maximum absolute atomic E-state index is 11.6. The van der Waals surface area contributed by atoms with Crippen LogP contribution in [0.5, 0.6) is 0 Å². The Morgan fingerprint density at radius 2 is 2.26 bits per heavy atom. The van der Waals surface area contributed by atoms with Crippen LogP contribution in [0.25, 0.3) is 0 Å². The van der Waals surface area contributed by atoms with Gasteiger partial charge in [-0.3, -0.25) is 4.79 Å². The summed E-state index contributed by atoms with van der Waals surface area (Å²) in [6.07, 6.45) is 3.29. The molecular weight excluding hydrogens is 248 g/mol. The number of likely N-dealkylation sites (N-methyl/N-ethyl adjacent to an activating group) is 1. The quantitative estimate of drug-likeness (QED) is 0.694. The van der Waals surface area contributed by atoms with Crippen molar-refractivity contribution in [3.8, 4) is 0 Å². The topological polar surface area (TPSA) is 109 Å². The highest BCUT2D eigenvalue weighted by atomic mass is 16.4. The summed E-state index contributed by atoms with van der Waals surface area (Å²) < 4.78 is 0. The minimum Gasteiger partial charge on any atom is -0.478 e. The third-order valence-electron chi connectivity index (χ3n) is 2.83. The van der Waals surface area contributed by atoms with E-state index < -0.39 is 5.97 Å². The van der Waals surface area contributed by atoms with Crippen molar-refractivity contribution in [2.75, 3.05) is 24.2 Å². The van der Waals surface area contributed by atoms with Crippen LogP contribution >= 0.6 is 0 Å². The van der Waals surface area contributed by atoms with Gasteiger partial charge in [0, 0.05) is 19.3 Å². The Kier molecular flexibility index (Phi) is 3.55. The van der Waals surface area contributed by atoms with Gasteiger partial charge in [0.1, 0.15) is 0 Å². The Bertz CT molecular complexity index is 514. The van der Waals surface area contributed by atoms with Gasteiger partial charge in [0.2, 0.25) is 5.91 Å². The van der Waals surface area contributed by atoms with E-state index in [9.17, 15) is 9.59 Å². The number of aromatic nitrogens is 1. The number of nitrogens with one attached hydrogen (secondary N) is 1. The van der Waals surface area contributed by atoms with Crippen molar-refractivity contribution in [3.05, 3.63) is 17.8 Å². The van der Waals surface area contributed by atoms with Crippen molar-refractivity contribution in [2.24, 2.45) is 0 Å². The fourth-order valence-corrected chi connectivity index (χ4v) is 1.70. The molecule has 7 heteroatoms. The van der Waals surface area contributed by atoms with Crippen LogP contribution in [-0.2, 0) is 4.79 Å². The molecule has 1 aliphatic rings. The summed E-state index contributed by atoms with van der Waals surface area (Å²) in [7, 11) is 1.69. The van der Waals surface area contributed by atoms with Crippen molar-refractivity contribution in [1.29, 1.82) is 0 Å². The summed E-state index contributed by atoms with van der Waals surface area (Å²) >= 11 is 0. The molecule has 0 bridgehead atoms. The lowest BCUT2D eigenvalue weighted by atomic mass is 10.2. The van der Waals surface area contributed by atoms with Gasteiger partial charge in [0.25, 0.3) is 0 Å². The second-order valence-electron chi connectivity index (χ2n) is 4.64. The fourth-order valence-electron chi connectivity index (χ4n) is 1.70. The SMILES string of the molecule is CN(CC(=O)NC1CC1)c1ncc(C(=O)O)cc1N. The Morgan fingerprint density at radius 1 is 1.58 bits per heavy atom. The summed E-state index contributed by atoms with van der Waals surface area (Å²) in [4.78, 5) is 28.0. The van der Waals surface area contributed by atoms with Gasteiger partial charge in [0.05, 0.1) is 17.8 Å². The van der Waals surface area contributed by atoms with Crippen molar-refractivity contribution < 1.29 is 14.7 Å². The first kappa shape index (κ1) is 13.1. The fraction of sp³-hybridized carbons (Fsp3) is 0.417. The number of hydrogen-bond acceptors (Lipinski definition) is 5. The lowest BCUT2D eigenvalue weighted by molar-refractivity contribution is -0.119.